The summed E-state index contributed by atoms with van der Waals surface area (Å²) >= 11 is 9.28. The van der Waals surface area contributed by atoms with Crippen LogP contribution in [0.4, 0.5) is 4.39 Å². The second-order valence-corrected chi connectivity index (χ2v) is 5.26. The van der Waals surface area contributed by atoms with E-state index in [1.54, 1.807) is 6.07 Å². The van der Waals surface area contributed by atoms with Crippen LogP contribution in [-0.2, 0) is 13.1 Å². The normalized spacial score (nSPS) is 10.6. The SMILES string of the molecule is Fc1cc(Cl)cc(CNCc2ccccc2Br)c1. The van der Waals surface area contributed by atoms with E-state index in [-0.39, 0.29) is 5.82 Å². The molecule has 0 spiro atoms. The van der Waals surface area contributed by atoms with E-state index in [0.29, 0.717) is 11.6 Å². The monoisotopic (exact) mass is 327 g/mol. The van der Waals surface area contributed by atoms with Gasteiger partial charge in [-0.25, -0.2) is 4.39 Å². The maximum Gasteiger partial charge on any atom is 0.125 e. The van der Waals surface area contributed by atoms with Gasteiger partial charge < -0.3 is 5.32 Å². The molecule has 0 bridgehead atoms. The van der Waals surface area contributed by atoms with Gasteiger partial charge in [0.05, 0.1) is 0 Å². The second kappa shape index (κ2) is 6.32. The maximum atomic E-state index is 13.1. The van der Waals surface area contributed by atoms with Crippen LogP contribution in [0.15, 0.2) is 46.9 Å². The fourth-order valence-corrected chi connectivity index (χ4v) is 2.37. The van der Waals surface area contributed by atoms with Crippen LogP contribution in [0.2, 0.25) is 5.02 Å². The van der Waals surface area contributed by atoms with E-state index >= 15 is 0 Å². The van der Waals surface area contributed by atoms with E-state index in [9.17, 15) is 4.39 Å². The summed E-state index contributed by atoms with van der Waals surface area (Å²) < 4.78 is 14.2. The van der Waals surface area contributed by atoms with Gasteiger partial charge in [-0.05, 0) is 35.4 Å². The van der Waals surface area contributed by atoms with E-state index in [1.807, 2.05) is 24.3 Å². The summed E-state index contributed by atoms with van der Waals surface area (Å²) in [4.78, 5) is 0. The minimum Gasteiger partial charge on any atom is -0.309 e. The summed E-state index contributed by atoms with van der Waals surface area (Å²) in [5, 5.41) is 3.68. The van der Waals surface area contributed by atoms with Crippen molar-refractivity contribution in [3.8, 4) is 0 Å². The maximum absolute atomic E-state index is 13.1. The molecule has 0 radical (unpaired) electrons. The minimum atomic E-state index is -0.305. The molecule has 0 saturated heterocycles. The van der Waals surface area contributed by atoms with Gasteiger partial charge in [0, 0.05) is 22.6 Å². The van der Waals surface area contributed by atoms with Crippen LogP contribution >= 0.6 is 27.5 Å². The predicted molar refractivity (Wildman–Crippen MR) is 76.1 cm³/mol. The predicted octanol–water partition coefficient (Wildman–Crippen LogP) is 4.53. The Morgan fingerprint density at radius 3 is 2.61 bits per heavy atom. The number of hydrogen-bond donors (Lipinski definition) is 1. The lowest BCUT2D eigenvalue weighted by Gasteiger charge is -2.07. The Balaban J connectivity index is 1.94. The number of nitrogens with one attached hydrogen (secondary N) is 1. The van der Waals surface area contributed by atoms with Gasteiger partial charge in [-0.1, -0.05) is 45.7 Å². The smallest absolute Gasteiger partial charge is 0.125 e. The molecule has 2 aromatic carbocycles. The van der Waals surface area contributed by atoms with Crippen LogP contribution in [0.3, 0.4) is 0 Å². The molecule has 0 atom stereocenters. The molecule has 0 aliphatic carbocycles. The molecule has 0 saturated carbocycles. The number of hydrogen-bond acceptors (Lipinski definition) is 1. The van der Waals surface area contributed by atoms with Crippen molar-refractivity contribution in [3.63, 3.8) is 0 Å². The lowest BCUT2D eigenvalue weighted by atomic mass is 10.2. The summed E-state index contributed by atoms with van der Waals surface area (Å²) in [6.07, 6.45) is 0. The molecule has 1 N–H and O–H groups in total. The molecule has 0 unspecified atom stereocenters. The first-order valence-corrected chi connectivity index (χ1v) is 6.71. The Bertz CT molecular complexity index is 525. The highest BCUT2D eigenvalue weighted by Gasteiger charge is 2.01. The number of rotatable bonds is 4. The first kappa shape index (κ1) is 13.5. The van der Waals surface area contributed by atoms with Gasteiger partial charge in [0.25, 0.3) is 0 Å². The molecule has 2 aromatic rings. The fraction of sp³-hybridized carbons (Fsp3) is 0.143. The average Bonchev–Trinajstić information content (AvgIpc) is 2.30. The lowest BCUT2D eigenvalue weighted by molar-refractivity contribution is 0.620. The van der Waals surface area contributed by atoms with Gasteiger partial charge in [0.1, 0.15) is 5.82 Å². The van der Waals surface area contributed by atoms with Crippen LogP contribution in [0.1, 0.15) is 11.1 Å². The Morgan fingerprint density at radius 1 is 1.11 bits per heavy atom. The van der Waals surface area contributed by atoms with Crippen LogP contribution in [0.25, 0.3) is 0 Å². The first-order chi connectivity index (χ1) is 8.65. The van der Waals surface area contributed by atoms with E-state index in [0.717, 1.165) is 16.6 Å². The third-order valence-corrected chi connectivity index (χ3v) is 3.52. The zero-order valence-electron chi connectivity index (χ0n) is 9.59. The van der Waals surface area contributed by atoms with Crippen molar-refractivity contribution in [2.75, 3.05) is 0 Å². The second-order valence-electron chi connectivity index (χ2n) is 3.97. The van der Waals surface area contributed by atoms with E-state index in [2.05, 4.69) is 21.2 Å². The van der Waals surface area contributed by atoms with Gasteiger partial charge in [-0.2, -0.15) is 0 Å². The topological polar surface area (TPSA) is 12.0 Å². The van der Waals surface area contributed by atoms with Crippen LogP contribution in [-0.4, -0.2) is 0 Å². The average molecular weight is 329 g/mol. The minimum absolute atomic E-state index is 0.305. The molecule has 0 aliphatic heterocycles. The van der Waals surface area contributed by atoms with Crippen molar-refractivity contribution >= 4 is 27.5 Å². The summed E-state index contributed by atoms with van der Waals surface area (Å²) in [6, 6.07) is 12.5. The van der Waals surface area contributed by atoms with Crippen molar-refractivity contribution < 1.29 is 4.39 Å². The number of halogens is 3. The first-order valence-electron chi connectivity index (χ1n) is 5.54. The number of benzene rings is 2. The highest BCUT2D eigenvalue weighted by molar-refractivity contribution is 9.10. The Kier molecular flexibility index (Phi) is 4.75. The lowest BCUT2D eigenvalue weighted by Crippen LogP contribution is -2.13. The van der Waals surface area contributed by atoms with Gasteiger partial charge in [-0.3, -0.25) is 0 Å². The van der Waals surface area contributed by atoms with Crippen LogP contribution < -0.4 is 5.32 Å². The molecule has 18 heavy (non-hydrogen) atoms. The molecule has 0 heterocycles. The quantitative estimate of drug-likeness (QED) is 0.869. The van der Waals surface area contributed by atoms with E-state index in [4.69, 9.17) is 11.6 Å². The van der Waals surface area contributed by atoms with Crippen molar-refractivity contribution in [2.45, 2.75) is 13.1 Å². The zero-order valence-corrected chi connectivity index (χ0v) is 11.9. The van der Waals surface area contributed by atoms with Crippen molar-refractivity contribution in [1.29, 1.82) is 0 Å². The molecule has 0 aromatic heterocycles. The molecule has 4 heteroatoms. The summed E-state index contributed by atoms with van der Waals surface area (Å²) in [7, 11) is 0. The molecule has 0 fully saturated rings. The largest absolute Gasteiger partial charge is 0.309 e. The van der Waals surface area contributed by atoms with E-state index < -0.39 is 0 Å². The fourth-order valence-electron chi connectivity index (χ4n) is 1.70. The highest BCUT2D eigenvalue weighted by atomic mass is 79.9. The molecular formula is C14H12BrClFN. The van der Waals surface area contributed by atoms with E-state index in [1.165, 1.54) is 17.7 Å². The molecular weight excluding hydrogens is 317 g/mol. The van der Waals surface area contributed by atoms with Gasteiger partial charge in [-0.15, -0.1) is 0 Å². The Labute approximate surface area is 119 Å². The zero-order chi connectivity index (χ0) is 13.0. The van der Waals surface area contributed by atoms with Crippen molar-refractivity contribution in [2.24, 2.45) is 0 Å². The standard InChI is InChI=1S/C14H12BrClFN/c15-14-4-2-1-3-11(14)9-18-8-10-5-12(16)7-13(17)6-10/h1-7,18H,8-9H2. The molecule has 94 valence electrons. The van der Waals surface area contributed by atoms with Crippen molar-refractivity contribution in [1.82, 2.24) is 5.32 Å². The summed E-state index contributed by atoms with van der Waals surface area (Å²) in [5.41, 5.74) is 2.01. The summed E-state index contributed by atoms with van der Waals surface area (Å²) in [5.74, 6) is -0.305. The van der Waals surface area contributed by atoms with Gasteiger partial charge in [0.15, 0.2) is 0 Å². The van der Waals surface area contributed by atoms with Gasteiger partial charge >= 0.3 is 0 Å². The Morgan fingerprint density at radius 2 is 1.89 bits per heavy atom. The molecule has 2 rings (SSSR count). The molecule has 0 amide bonds. The molecule has 1 nitrogen and oxygen atoms in total. The molecule has 0 aliphatic rings. The summed E-state index contributed by atoms with van der Waals surface area (Å²) in [6.45, 7) is 1.30. The third kappa shape index (κ3) is 3.80. The third-order valence-electron chi connectivity index (χ3n) is 2.52. The van der Waals surface area contributed by atoms with Crippen molar-refractivity contribution in [3.05, 3.63) is 68.9 Å². The highest BCUT2D eigenvalue weighted by Crippen LogP contribution is 2.16. The van der Waals surface area contributed by atoms with Gasteiger partial charge in [0.2, 0.25) is 0 Å². The van der Waals surface area contributed by atoms with Crippen LogP contribution in [0, 0.1) is 5.82 Å². The van der Waals surface area contributed by atoms with Crippen LogP contribution in [0.5, 0.6) is 0 Å². The Hall–Kier alpha value is -0.900.